The van der Waals surface area contributed by atoms with Crippen molar-refractivity contribution in [2.45, 2.75) is 58.7 Å². The van der Waals surface area contributed by atoms with Crippen molar-refractivity contribution in [1.82, 2.24) is 20.4 Å². The molecule has 0 radical (unpaired) electrons. The van der Waals surface area contributed by atoms with E-state index >= 15 is 0 Å². The summed E-state index contributed by atoms with van der Waals surface area (Å²) in [6, 6.07) is 8.58. The lowest BCUT2D eigenvalue weighted by molar-refractivity contribution is -0.130. The van der Waals surface area contributed by atoms with Crippen LogP contribution in [-0.4, -0.2) is 59.8 Å². The first kappa shape index (κ1) is 24.4. The Morgan fingerprint density at radius 3 is 2.53 bits per heavy atom. The molecular formula is C22H34IN5O2. The third-order valence-electron chi connectivity index (χ3n) is 5.52. The van der Waals surface area contributed by atoms with E-state index in [2.05, 4.69) is 34.9 Å². The summed E-state index contributed by atoms with van der Waals surface area (Å²) in [6.07, 6.45) is 3.15. The summed E-state index contributed by atoms with van der Waals surface area (Å²) in [5.74, 6) is 1.26. The lowest BCUT2D eigenvalue weighted by Crippen LogP contribution is -2.45. The summed E-state index contributed by atoms with van der Waals surface area (Å²) in [4.78, 5) is 32.2. The molecule has 0 aromatic heterocycles. The molecule has 3 rings (SSSR count). The fourth-order valence-corrected chi connectivity index (χ4v) is 3.85. The van der Waals surface area contributed by atoms with Crippen LogP contribution in [0.15, 0.2) is 29.3 Å². The molecule has 0 saturated carbocycles. The third kappa shape index (κ3) is 6.85. The van der Waals surface area contributed by atoms with Crippen LogP contribution < -0.4 is 10.6 Å². The van der Waals surface area contributed by atoms with Crippen LogP contribution in [0.5, 0.6) is 0 Å². The Labute approximate surface area is 196 Å². The monoisotopic (exact) mass is 527 g/mol. The van der Waals surface area contributed by atoms with Gasteiger partial charge in [-0.2, -0.15) is 0 Å². The zero-order valence-electron chi connectivity index (χ0n) is 18.0. The zero-order chi connectivity index (χ0) is 20.6. The Hall–Kier alpha value is -1.84. The number of carbonyl (C=O) groups excluding carboxylic acids is 2. The number of hydrogen-bond donors (Lipinski definition) is 2. The number of halogens is 1. The minimum atomic E-state index is 0. The molecular weight excluding hydrogens is 493 g/mol. The molecule has 2 aliphatic heterocycles. The normalized spacial score (nSPS) is 19.1. The number of nitrogens with one attached hydrogen (secondary N) is 2. The van der Waals surface area contributed by atoms with Crippen molar-refractivity contribution in [2.24, 2.45) is 4.99 Å². The van der Waals surface area contributed by atoms with Gasteiger partial charge in [-0.1, -0.05) is 31.2 Å². The Morgan fingerprint density at radius 2 is 1.90 bits per heavy atom. The van der Waals surface area contributed by atoms with E-state index in [0.717, 1.165) is 56.1 Å². The summed E-state index contributed by atoms with van der Waals surface area (Å²) < 4.78 is 0. The van der Waals surface area contributed by atoms with E-state index in [9.17, 15) is 9.59 Å². The lowest BCUT2D eigenvalue weighted by Gasteiger charge is -2.18. The maximum Gasteiger partial charge on any atom is 0.222 e. The predicted octanol–water partition coefficient (Wildman–Crippen LogP) is 2.49. The first-order valence-electron chi connectivity index (χ1n) is 10.8. The van der Waals surface area contributed by atoms with Crippen molar-refractivity contribution in [3.05, 3.63) is 35.4 Å². The predicted molar refractivity (Wildman–Crippen MR) is 130 cm³/mol. The van der Waals surface area contributed by atoms with Gasteiger partial charge in [0.25, 0.3) is 0 Å². The van der Waals surface area contributed by atoms with Gasteiger partial charge in [-0.15, -0.1) is 24.0 Å². The van der Waals surface area contributed by atoms with E-state index in [1.54, 1.807) is 0 Å². The number of guanidine groups is 1. The quantitative estimate of drug-likeness (QED) is 0.325. The Bertz CT molecular complexity index is 738. The molecule has 0 aliphatic carbocycles. The number of nitrogens with zero attached hydrogens (tertiary/aromatic N) is 3. The summed E-state index contributed by atoms with van der Waals surface area (Å²) in [5, 5.41) is 6.75. The van der Waals surface area contributed by atoms with Gasteiger partial charge in [0.1, 0.15) is 0 Å². The van der Waals surface area contributed by atoms with Crippen LogP contribution in [0.4, 0.5) is 0 Å². The number of hydrogen-bond acceptors (Lipinski definition) is 3. The average Bonchev–Trinajstić information content (AvgIpc) is 3.36. The van der Waals surface area contributed by atoms with E-state index in [-0.39, 0.29) is 41.8 Å². The SMILES string of the molecule is CCNC(=NCc1ccc(CN2CCCC2=O)cc1)NC1CCN(C(=O)CC)C1.I. The van der Waals surface area contributed by atoms with Gasteiger partial charge in [-0.05, 0) is 30.9 Å². The summed E-state index contributed by atoms with van der Waals surface area (Å²) in [5.41, 5.74) is 2.29. The Balaban J connectivity index is 0.00000320. The van der Waals surface area contributed by atoms with Crippen LogP contribution in [0, 0.1) is 0 Å². The fraction of sp³-hybridized carbons (Fsp3) is 0.591. The maximum absolute atomic E-state index is 11.9. The van der Waals surface area contributed by atoms with Crippen molar-refractivity contribution < 1.29 is 9.59 Å². The van der Waals surface area contributed by atoms with Crippen LogP contribution in [0.1, 0.15) is 50.7 Å². The van der Waals surface area contributed by atoms with Gasteiger partial charge in [-0.25, -0.2) is 4.99 Å². The first-order valence-corrected chi connectivity index (χ1v) is 10.8. The minimum absolute atomic E-state index is 0. The molecule has 166 valence electrons. The first-order chi connectivity index (χ1) is 14.1. The standard InChI is InChI=1S/C22H33N5O2.HI/c1-3-20(28)27-13-11-19(16-27)25-22(23-4-2)24-14-17-7-9-18(10-8-17)15-26-12-5-6-21(26)29;/h7-10,19H,3-6,11-16H2,1-2H3,(H2,23,24,25);1H. The molecule has 1 unspecified atom stereocenters. The summed E-state index contributed by atoms with van der Waals surface area (Å²) in [7, 11) is 0. The molecule has 2 heterocycles. The molecule has 0 spiro atoms. The second kappa shape index (κ2) is 12.1. The van der Waals surface area contributed by atoms with E-state index in [0.29, 0.717) is 25.9 Å². The largest absolute Gasteiger partial charge is 0.357 e. The molecule has 1 atom stereocenters. The number of likely N-dealkylation sites (tertiary alicyclic amines) is 2. The molecule has 0 bridgehead atoms. The van der Waals surface area contributed by atoms with Crippen molar-refractivity contribution in [3.8, 4) is 0 Å². The average molecular weight is 527 g/mol. The van der Waals surface area contributed by atoms with Crippen molar-refractivity contribution in [2.75, 3.05) is 26.2 Å². The number of amides is 2. The van der Waals surface area contributed by atoms with E-state index in [1.165, 1.54) is 0 Å². The van der Waals surface area contributed by atoms with Crippen molar-refractivity contribution >= 4 is 41.8 Å². The Kier molecular flexibility index (Phi) is 9.87. The van der Waals surface area contributed by atoms with Crippen LogP contribution >= 0.6 is 24.0 Å². The number of rotatable bonds is 7. The van der Waals surface area contributed by atoms with Gasteiger partial charge < -0.3 is 20.4 Å². The van der Waals surface area contributed by atoms with Crippen LogP contribution in [0.25, 0.3) is 0 Å². The molecule has 2 saturated heterocycles. The zero-order valence-corrected chi connectivity index (χ0v) is 20.4. The van der Waals surface area contributed by atoms with E-state index in [1.807, 2.05) is 23.6 Å². The fourth-order valence-electron chi connectivity index (χ4n) is 3.85. The van der Waals surface area contributed by atoms with E-state index in [4.69, 9.17) is 4.99 Å². The number of aliphatic imine (C=N–C) groups is 1. The highest BCUT2D eigenvalue weighted by Crippen LogP contribution is 2.15. The van der Waals surface area contributed by atoms with Crippen molar-refractivity contribution in [1.29, 1.82) is 0 Å². The van der Waals surface area contributed by atoms with Crippen LogP contribution in [-0.2, 0) is 22.7 Å². The highest BCUT2D eigenvalue weighted by atomic mass is 127. The molecule has 30 heavy (non-hydrogen) atoms. The second-order valence-corrected chi connectivity index (χ2v) is 7.75. The Morgan fingerprint density at radius 1 is 1.17 bits per heavy atom. The van der Waals surface area contributed by atoms with Gasteiger partial charge in [0.2, 0.25) is 11.8 Å². The van der Waals surface area contributed by atoms with Gasteiger partial charge in [0, 0.05) is 51.6 Å². The highest BCUT2D eigenvalue weighted by Gasteiger charge is 2.25. The molecule has 2 aliphatic rings. The molecule has 2 N–H and O–H groups in total. The topological polar surface area (TPSA) is 77.0 Å². The molecule has 1 aromatic rings. The second-order valence-electron chi connectivity index (χ2n) is 7.75. The number of benzene rings is 1. The molecule has 7 nitrogen and oxygen atoms in total. The summed E-state index contributed by atoms with van der Waals surface area (Å²) in [6.45, 7) is 8.44. The lowest BCUT2D eigenvalue weighted by atomic mass is 10.1. The van der Waals surface area contributed by atoms with Gasteiger partial charge >= 0.3 is 0 Å². The van der Waals surface area contributed by atoms with Crippen LogP contribution in [0.3, 0.4) is 0 Å². The van der Waals surface area contributed by atoms with Gasteiger partial charge in [-0.3, -0.25) is 9.59 Å². The molecule has 8 heteroatoms. The van der Waals surface area contributed by atoms with Gasteiger partial charge in [0.05, 0.1) is 6.54 Å². The smallest absolute Gasteiger partial charge is 0.222 e. The molecule has 2 amide bonds. The molecule has 2 fully saturated rings. The van der Waals surface area contributed by atoms with E-state index < -0.39 is 0 Å². The highest BCUT2D eigenvalue weighted by molar-refractivity contribution is 14.0. The van der Waals surface area contributed by atoms with Crippen LogP contribution in [0.2, 0.25) is 0 Å². The third-order valence-corrected chi connectivity index (χ3v) is 5.52. The number of carbonyl (C=O) groups is 2. The van der Waals surface area contributed by atoms with Crippen molar-refractivity contribution in [3.63, 3.8) is 0 Å². The maximum atomic E-state index is 11.9. The minimum Gasteiger partial charge on any atom is -0.357 e. The molecule has 1 aromatic carbocycles. The summed E-state index contributed by atoms with van der Waals surface area (Å²) >= 11 is 0. The van der Waals surface area contributed by atoms with Gasteiger partial charge in [0.15, 0.2) is 5.96 Å².